The smallest absolute Gasteiger partial charge is 0.433 e. The zero-order valence-electron chi connectivity index (χ0n) is 29.4. The summed E-state index contributed by atoms with van der Waals surface area (Å²) in [5.74, 6) is -5.22. The molecule has 3 N–H and O–H groups in total. The van der Waals surface area contributed by atoms with Crippen LogP contribution in [0.15, 0.2) is 54.0 Å². The van der Waals surface area contributed by atoms with Gasteiger partial charge in [0.15, 0.2) is 11.6 Å². The second-order valence-corrected chi connectivity index (χ2v) is 12.6. The van der Waals surface area contributed by atoms with Crippen molar-refractivity contribution < 1.29 is 54.2 Å². The van der Waals surface area contributed by atoms with Crippen LogP contribution in [-0.4, -0.2) is 88.7 Å². The van der Waals surface area contributed by atoms with Gasteiger partial charge in [-0.3, -0.25) is 19.5 Å². The van der Waals surface area contributed by atoms with Gasteiger partial charge in [-0.1, -0.05) is 19.9 Å². The van der Waals surface area contributed by atoms with E-state index in [1.54, 1.807) is 13.8 Å². The number of hydrogen-bond acceptors (Lipinski definition) is 9. The molecule has 1 saturated heterocycles. The number of hydrazine groups is 1. The van der Waals surface area contributed by atoms with E-state index >= 15 is 8.78 Å². The quantitative estimate of drug-likeness (QED) is 0.185. The van der Waals surface area contributed by atoms with Crippen molar-refractivity contribution in [3.63, 3.8) is 0 Å². The Hall–Kier alpha value is -4.88. The Labute approximate surface area is 304 Å². The number of carbonyl (C=O) groups is 2. The Kier molecular flexibility index (Phi) is 11.8. The summed E-state index contributed by atoms with van der Waals surface area (Å²) in [5, 5.41) is 4.72. The number of halogens is 8. The number of nitrogens with zero attached hydrogens (tertiary/aromatic N) is 5. The van der Waals surface area contributed by atoms with Gasteiger partial charge in [0.1, 0.15) is 24.2 Å². The highest BCUT2D eigenvalue weighted by Crippen LogP contribution is 2.40. The number of nitrogens with two attached hydrogens (primary N) is 1. The fraction of sp³-hybridized carbons (Fsp3) is 0.429. The standard InChI is InChI=1S/C35H37F8N7O4/c1-4-33(5-2)30(44)27(31(51)47-23-8-7-21(34(38,39)40)16-22(23)24-17-26(35(41,42)43)46-19-45-24)32(52)50(48(33)3)18-20-6-9-25(29(37)28(20)36)54-15-12-49-10-13-53-14-11-49/h6-9,16-17,19H,4-5,10-15,18,44H2,1-3H3,(H,47,51). The molecule has 2 aromatic carbocycles. The maximum Gasteiger partial charge on any atom is 0.433 e. The van der Waals surface area contributed by atoms with Crippen LogP contribution in [0.5, 0.6) is 5.75 Å². The lowest BCUT2D eigenvalue weighted by Gasteiger charge is -2.50. The van der Waals surface area contributed by atoms with Crippen LogP contribution in [0, 0.1) is 11.6 Å². The van der Waals surface area contributed by atoms with Crippen molar-refractivity contribution in [1.82, 2.24) is 24.9 Å². The highest BCUT2D eigenvalue weighted by atomic mass is 19.4. The van der Waals surface area contributed by atoms with Crippen LogP contribution < -0.4 is 15.8 Å². The van der Waals surface area contributed by atoms with Crippen molar-refractivity contribution in [2.75, 3.05) is 51.8 Å². The first-order valence-electron chi connectivity index (χ1n) is 16.8. The number of amides is 2. The molecule has 292 valence electrons. The molecule has 3 heterocycles. The number of rotatable bonds is 11. The summed E-state index contributed by atoms with van der Waals surface area (Å²) in [6.45, 7) is 5.80. The number of aromatic nitrogens is 2. The molecule has 54 heavy (non-hydrogen) atoms. The summed E-state index contributed by atoms with van der Waals surface area (Å²) in [5.41, 5.74) is -0.214. The first-order chi connectivity index (χ1) is 25.4. The second-order valence-electron chi connectivity index (χ2n) is 12.6. The Bertz CT molecular complexity index is 1910. The molecule has 0 spiro atoms. The van der Waals surface area contributed by atoms with E-state index in [4.69, 9.17) is 15.2 Å². The number of benzene rings is 2. The van der Waals surface area contributed by atoms with Gasteiger partial charge in [0.2, 0.25) is 5.82 Å². The van der Waals surface area contributed by atoms with Gasteiger partial charge in [-0.05, 0) is 43.2 Å². The van der Waals surface area contributed by atoms with E-state index in [9.17, 15) is 35.9 Å². The highest BCUT2D eigenvalue weighted by molar-refractivity contribution is 6.24. The number of hydrogen-bond donors (Lipinski definition) is 2. The lowest BCUT2D eigenvalue weighted by Crippen LogP contribution is -2.64. The van der Waals surface area contributed by atoms with Crippen LogP contribution in [0.3, 0.4) is 0 Å². The molecule has 0 radical (unpaired) electrons. The van der Waals surface area contributed by atoms with E-state index in [1.165, 1.54) is 24.2 Å². The minimum absolute atomic E-state index is 0.0719. The number of carbonyl (C=O) groups excluding carboxylic acids is 2. The lowest BCUT2D eigenvalue weighted by molar-refractivity contribution is -0.160. The summed E-state index contributed by atoms with van der Waals surface area (Å²) in [4.78, 5) is 36.9. The molecular weight excluding hydrogens is 734 g/mol. The van der Waals surface area contributed by atoms with Gasteiger partial charge in [-0.2, -0.15) is 30.7 Å². The first-order valence-corrected chi connectivity index (χ1v) is 16.8. The molecule has 2 amide bonds. The number of likely N-dealkylation sites (N-methyl/N-ethyl adjacent to an activating group) is 1. The number of alkyl halides is 6. The molecule has 2 aliphatic rings. The molecule has 0 bridgehead atoms. The van der Waals surface area contributed by atoms with Crippen molar-refractivity contribution >= 4 is 17.5 Å². The van der Waals surface area contributed by atoms with Gasteiger partial charge in [0.05, 0.1) is 42.2 Å². The topological polar surface area (TPSA) is 126 Å². The Morgan fingerprint density at radius 1 is 0.981 bits per heavy atom. The molecule has 2 aliphatic heterocycles. The van der Waals surface area contributed by atoms with Crippen LogP contribution >= 0.6 is 0 Å². The molecule has 0 aliphatic carbocycles. The first kappa shape index (κ1) is 40.3. The molecular formula is C35H37F8N7O4. The van der Waals surface area contributed by atoms with Gasteiger partial charge >= 0.3 is 12.4 Å². The number of morpholine rings is 1. The maximum atomic E-state index is 15.5. The molecule has 0 saturated carbocycles. The third-order valence-corrected chi connectivity index (χ3v) is 9.64. The Morgan fingerprint density at radius 3 is 2.30 bits per heavy atom. The molecule has 0 atom stereocenters. The van der Waals surface area contributed by atoms with Crippen molar-refractivity contribution in [1.29, 1.82) is 0 Å². The fourth-order valence-corrected chi connectivity index (χ4v) is 6.47. The Balaban J connectivity index is 1.47. The zero-order chi connectivity index (χ0) is 39.6. The summed E-state index contributed by atoms with van der Waals surface area (Å²) in [7, 11) is 1.48. The summed E-state index contributed by atoms with van der Waals surface area (Å²) in [6.07, 6.45) is -9.00. The van der Waals surface area contributed by atoms with E-state index in [0.29, 0.717) is 57.4 Å². The van der Waals surface area contributed by atoms with E-state index in [-0.39, 0.29) is 36.5 Å². The van der Waals surface area contributed by atoms with Gasteiger partial charge < -0.3 is 20.5 Å². The molecule has 1 aromatic heterocycles. The SMILES string of the molecule is CCC1(CC)C(N)=C(C(=O)Nc2ccc(C(F)(F)F)cc2-c2cc(C(F)(F)F)ncn2)C(=O)N(Cc2ccc(OCCN3CCOCC3)c(F)c2F)N1C. The third-order valence-electron chi connectivity index (χ3n) is 9.64. The van der Waals surface area contributed by atoms with Crippen molar-refractivity contribution in [2.24, 2.45) is 5.73 Å². The zero-order valence-corrected chi connectivity index (χ0v) is 29.4. The largest absolute Gasteiger partial charge is 0.489 e. The van der Waals surface area contributed by atoms with Crippen LogP contribution in [0.4, 0.5) is 40.8 Å². The van der Waals surface area contributed by atoms with Gasteiger partial charge in [0.25, 0.3) is 11.8 Å². The van der Waals surface area contributed by atoms with E-state index < -0.39 is 81.7 Å². The van der Waals surface area contributed by atoms with Crippen LogP contribution in [-0.2, 0) is 33.2 Å². The van der Waals surface area contributed by atoms with Crippen molar-refractivity contribution in [3.8, 4) is 17.0 Å². The average molecular weight is 772 g/mol. The maximum absolute atomic E-state index is 15.5. The lowest BCUT2D eigenvalue weighted by atomic mass is 9.83. The number of nitrogens with one attached hydrogen (secondary N) is 1. The average Bonchev–Trinajstić information content (AvgIpc) is 3.13. The van der Waals surface area contributed by atoms with Gasteiger partial charge in [-0.15, -0.1) is 0 Å². The molecule has 5 rings (SSSR count). The van der Waals surface area contributed by atoms with Crippen LogP contribution in [0.25, 0.3) is 11.3 Å². The normalized spacial score (nSPS) is 17.2. The van der Waals surface area contributed by atoms with Crippen molar-refractivity contribution in [2.45, 2.75) is 51.1 Å². The second kappa shape index (κ2) is 15.8. The molecule has 1 fully saturated rings. The molecule has 3 aromatic rings. The fourth-order valence-electron chi connectivity index (χ4n) is 6.47. The monoisotopic (exact) mass is 771 g/mol. The highest BCUT2D eigenvalue weighted by Gasteiger charge is 2.48. The van der Waals surface area contributed by atoms with E-state index in [0.717, 1.165) is 11.1 Å². The summed E-state index contributed by atoms with van der Waals surface area (Å²) in [6, 6.07) is 4.74. The third kappa shape index (κ3) is 8.12. The predicted octanol–water partition coefficient (Wildman–Crippen LogP) is 5.77. The van der Waals surface area contributed by atoms with Crippen LogP contribution in [0.2, 0.25) is 0 Å². The number of anilines is 1. The molecule has 11 nitrogen and oxygen atoms in total. The number of ether oxygens (including phenoxy) is 2. The van der Waals surface area contributed by atoms with Gasteiger partial charge in [-0.25, -0.2) is 19.4 Å². The minimum atomic E-state index is -4.98. The minimum Gasteiger partial charge on any atom is -0.489 e. The Morgan fingerprint density at radius 2 is 1.67 bits per heavy atom. The molecule has 19 heteroatoms. The van der Waals surface area contributed by atoms with E-state index in [1.807, 2.05) is 4.90 Å². The predicted molar refractivity (Wildman–Crippen MR) is 178 cm³/mol. The van der Waals surface area contributed by atoms with Gasteiger partial charge in [0, 0.05) is 43.5 Å². The summed E-state index contributed by atoms with van der Waals surface area (Å²) >= 11 is 0. The van der Waals surface area contributed by atoms with Crippen molar-refractivity contribution in [3.05, 3.63) is 82.5 Å². The van der Waals surface area contributed by atoms with E-state index in [2.05, 4.69) is 15.3 Å². The summed E-state index contributed by atoms with van der Waals surface area (Å²) < 4.78 is 123. The molecule has 0 unspecified atom stereocenters. The van der Waals surface area contributed by atoms with Crippen LogP contribution in [0.1, 0.15) is 43.5 Å².